The minimum absolute atomic E-state index is 0.0544. The number of hydrogen-bond donors (Lipinski definition) is 2. The van der Waals surface area contributed by atoms with Crippen molar-refractivity contribution >= 4 is 23.8 Å². The molecular weight excluding hydrogens is 240 g/mol. The number of carbonyl (C=O) groups is 2. The summed E-state index contributed by atoms with van der Waals surface area (Å²) in [5.41, 5.74) is 0.838. The van der Waals surface area contributed by atoms with E-state index in [1.807, 2.05) is 13.8 Å². The number of thioether (sulfide) groups is 1. The van der Waals surface area contributed by atoms with Gasteiger partial charge in [-0.3, -0.25) is 4.90 Å². The van der Waals surface area contributed by atoms with Gasteiger partial charge in [0, 0.05) is 12.3 Å². The third-order valence-electron chi connectivity index (χ3n) is 2.50. The minimum atomic E-state index is -0.945. The smallest absolute Gasteiger partial charge is 0.327 e. The maximum absolute atomic E-state index is 11.9. The van der Waals surface area contributed by atoms with Crippen molar-refractivity contribution in [2.75, 3.05) is 12.3 Å². The predicted molar refractivity (Wildman–Crippen MR) is 68.0 cm³/mol. The zero-order valence-electron chi connectivity index (χ0n) is 10.1. The van der Waals surface area contributed by atoms with Crippen molar-refractivity contribution in [1.82, 2.24) is 10.2 Å². The van der Waals surface area contributed by atoms with E-state index < -0.39 is 12.0 Å². The SMILES string of the molecule is C=C(C)CNC(=O)N1C(CC)SCC1C(=O)O. The van der Waals surface area contributed by atoms with E-state index in [9.17, 15) is 9.59 Å². The van der Waals surface area contributed by atoms with E-state index in [4.69, 9.17) is 5.11 Å². The molecule has 0 aromatic rings. The van der Waals surface area contributed by atoms with E-state index in [2.05, 4.69) is 11.9 Å². The Hall–Kier alpha value is -1.17. The lowest BCUT2D eigenvalue weighted by atomic mass is 10.2. The predicted octanol–water partition coefficient (Wildman–Crippen LogP) is 1.51. The first kappa shape index (κ1) is 13.9. The van der Waals surface area contributed by atoms with Crippen LogP contribution < -0.4 is 5.32 Å². The summed E-state index contributed by atoms with van der Waals surface area (Å²) < 4.78 is 0. The number of carbonyl (C=O) groups excluding carboxylic acids is 1. The molecule has 1 fully saturated rings. The number of hydrogen-bond acceptors (Lipinski definition) is 3. The van der Waals surface area contributed by atoms with E-state index in [-0.39, 0.29) is 11.4 Å². The molecule has 1 aliphatic heterocycles. The number of rotatable bonds is 4. The summed E-state index contributed by atoms with van der Waals surface area (Å²) in [5.74, 6) is -0.493. The van der Waals surface area contributed by atoms with Crippen molar-refractivity contribution < 1.29 is 14.7 Å². The molecular formula is C11H18N2O3S. The fraction of sp³-hybridized carbons (Fsp3) is 0.636. The van der Waals surface area contributed by atoms with Gasteiger partial charge in [-0.05, 0) is 13.3 Å². The Morgan fingerprint density at radius 1 is 1.59 bits per heavy atom. The van der Waals surface area contributed by atoms with Gasteiger partial charge < -0.3 is 10.4 Å². The lowest BCUT2D eigenvalue weighted by Crippen LogP contribution is -2.50. The summed E-state index contributed by atoms with van der Waals surface area (Å²) in [5, 5.41) is 11.7. The first-order valence-electron chi connectivity index (χ1n) is 5.52. The van der Waals surface area contributed by atoms with Crippen LogP contribution in [0.15, 0.2) is 12.2 Å². The highest BCUT2D eigenvalue weighted by Gasteiger charge is 2.40. The normalized spacial score (nSPS) is 23.5. The molecule has 2 unspecified atom stereocenters. The second-order valence-electron chi connectivity index (χ2n) is 4.07. The van der Waals surface area contributed by atoms with Gasteiger partial charge in [0.15, 0.2) is 0 Å². The van der Waals surface area contributed by atoms with E-state index in [0.29, 0.717) is 12.3 Å². The Kier molecular flexibility index (Phi) is 4.86. The first-order chi connectivity index (χ1) is 7.97. The molecule has 1 heterocycles. The molecule has 2 N–H and O–H groups in total. The molecule has 0 saturated carbocycles. The molecule has 0 aromatic carbocycles. The zero-order chi connectivity index (χ0) is 13.0. The van der Waals surface area contributed by atoms with Gasteiger partial charge in [-0.15, -0.1) is 11.8 Å². The third kappa shape index (κ3) is 3.39. The van der Waals surface area contributed by atoms with Crippen molar-refractivity contribution in [2.45, 2.75) is 31.7 Å². The molecule has 1 rings (SSSR count). The van der Waals surface area contributed by atoms with Crippen molar-refractivity contribution in [1.29, 1.82) is 0 Å². The molecule has 5 nitrogen and oxygen atoms in total. The Morgan fingerprint density at radius 3 is 2.71 bits per heavy atom. The van der Waals surface area contributed by atoms with Gasteiger partial charge in [0.2, 0.25) is 0 Å². The number of nitrogens with one attached hydrogen (secondary N) is 1. The van der Waals surface area contributed by atoms with Crippen molar-refractivity contribution in [3.8, 4) is 0 Å². The molecule has 1 aliphatic rings. The average Bonchev–Trinajstić information content (AvgIpc) is 2.69. The standard InChI is InChI=1S/C11H18N2O3S/c1-4-9-13(8(6-17-9)10(14)15)11(16)12-5-7(2)3/h8-9H,2,4-6H2,1,3H3,(H,12,16)(H,14,15). The molecule has 0 aromatic heterocycles. The van der Waals surface area contributed by atoms with Crippen LogP contribution in [-0.2, 0) is 4.79 Å². The molecule has 17 heavy (non-hydrogen) atoms. The Bertz CT molecular complexity index is 333. The van der Waals surface area contributed by atoms with Crippen LogP contribution in [0.1, 0.15) is 20.3 Å². The second kappa shape index (κ2) is 5.95. The maximum atomic E-state index is 11.9. The number of amides is 2. The van der Waals surface area contributed by atoms with Crippen LogP contribution in [0.4, 0.5) is 4.79 Å². The highest BCUT2D eigenvalue weighted by molar-refractivity contribution is 8.00. The van der Waals surface area contributed by atoms with Gasteiger partial charge in [0.25, 0.3) is 0 Å². The summed E-state index contributed by atoms with van der Waals surface area (Å²) in [4.78, 5) is 24.4. The highest BCUT2D eigenvalue weighted by atomic mass is 32.2. The zero-order valence-corrected chi connectivity index (χ0v) is 10.9. The Morgan fingerprint density at radius 2 is 2.24 bits per heavy atom. The number of aliphatic carboxylic acids is 1. The quantitative estimate of drug-likeness (QED) is 0.750. The van der Waals surface area contributed by atoms with Crippen LogP contribution >= 0.6 is 11.8 Å². The summed E-state index contributed by atoms with van der Waals surface area (Å²) in [6.45, 7) is 7.83. The maximum Gasteiger partial charge on any atom is 0.327 e. The van der Waals surface area contributed by atoms with E-state index in [1.54, 1.807) is 0 Å². The van der Waals surface area contributed by atoms with Gasteiger partial charge in [0.1, 0.15) is 6.04 Å². The molecule has 0 bridgehead atoms. The Balaban J connectivity index is 2.70. The van der Waals surface area contributed by atoms with Crippen LogP contribution in [0.5, 0.6) is 0 Å². The lowest BCUT2D eigenvalue weighted by Gasteiger charge is -2.26. The van der Waals surface area contributed by atoms with Gasteiger partial charge >= 0.3 is 12.0 Å². The third-order valence-corrected chi connectivity index (χ3v) is 3.96. The molecule has 96 valence electrons. The number of urea groups is 1. The molecule has 2 atom stereocenters. The molecule has 0 aliphatic carbocycles. The molecule has 1 saturated heterocycles. The summed E-state index contributed by atoms with van der Waals surface area (Å²) in [7, 11) is 0. The van der Waals surface area contributed by atoms with Crippen LogP contribution in [-0.4, -0.2) is 45.7 Å². The van der Waals surface area contributed by atoms with Crippen LogP contribution in [0, 0.1) is 0 Å². The van der Waals surface area contributed by atoms with Crippen molar-refractivity contribution in [3.63, 3.8) is 0 Å². The van der Waals surface area contributed by atoms with Gasteiger partial charge in [-0.2, -0.15) is 0 Å². The lowest BCUT2D eigenvalue weighted by molar-refractivity contribution is -0.141. The van der Waals surface area contributed by atoms with Crippen molar-refractivity contribution in [2.24, 2.45) is 0 Å². The van der Waals surface area contributed by atoms with Crippen molar-refractivity contribution in [3.05, 3.63) is 12.2 Å². The highest BCUT2D eigenvalue weighted by Crippen LogP contribution is 2.31. The van der Waals surface area contributed by atoms with E-state index in [1.165, 1.54) is 16.7 Å². The van der Waals surface area contributed by atoms with Gasteiger partial charge in [0.05, 0.1) is 5.37 Å². The number of nitrogens with zero attached hydrogens (tertiary/aromatic N) is 1. The summed E-state index contributed by atoms with van der Waals surface area (Å²) >= 11 is 1.51. The fourth-order valence-corrected chi connectivity index (χ4v) is 3.01. The second-order valence-corrected chi connectivity index (χ2v) is 5.28. The molecule has 0 spiro atoms. The van der Waals surface area contributed by atoms with Crippen LogP contribution in [0.3, 0.4) is 0 Å². The van der Waals surface area contributed by atoms with Crippen LogP contribution in [0.25, 0.3) is 0 Å². The average molecular weight is 258 g/mol. The molecule has 0 radical (unpaired) electrons. The minimum Gasteiger partial charge on any atom is -0.480 e. The summed E-state index contributed by atoms with van der Waals surface area (Å²) in [6, 6.07) is -1.05. The molecule has 2 amide bonds. The largest absolute Gasteiger partial charge is 0.480 e. The monoisotopic (exact) mass is 258 g/mol. The number of carboxylic acid groups (broad SMARTS) is 1. The van der Waals surface area contributed by atoms with Gasteiger partial charge in [-0.1, -0.05) is 19.1 Å². The van der Waals surface area contributed by atoms with E-state index >= 15 is 0 Å². The van der Waals surface area contributed by atoms with E-state index in [0.717, 1.165) is 12.0 Å². The summed E-state index contributed by atoms with van der Waals surface area (Å²) in [6.07, 6.45) is 0.745. The van der Waals surface area contributed by atoms with Gasteiger partial charge in [-0.25, -0.2) is 9.59 Å². The van der Waals surface area contributed by atoms with Crippen LogP contribution in [0.2, 0.25) is 0 Å². The topological polar surface area (TPSA) is 69.6 Å². The molecule has 6 heteroatoms. The fourth-order valence-electron chi connectivity index (χ4n) is 1.66. The Labute approximate surface area is 105 Å². The number of carboxylic acids is 1. The first-order valence-corrected chi connectivity index (χ1v) is 6.57.